The van der Waals surface area contributed by atoms with E-state index in [1.807, 2.05) is 0 Å². The lowest BCUT2D eigenvalue weighted by atomic mass is 10.3. The van der Waals surface area contributed by atoms with Gasteiger partial charge in [-0.15, -0.1) is 15.3 Å². The number of rotatable bonds is 5. The van der Waals surface area contributed by atoms with Crippen LogP contribution >= 0.6 is 0 Å². The van der Waals surface area contributed by atoms with E-state index in [0.29, 0.717) is 6.54 Å². The van der Waals surface area contributed by atoms with Crippen molar-refractivity contribution in [2.24, 2.45) is 26.2 Å². The molecule has 0 aromatic heterocycles. The van der Waals surface area contributed by atoms with E-state index in [2.05, 4.69) is 27.4 Å². The Morgan fingerprint density at radius 2 is 2.14 bits per heavy atom. The van der Waals surface area contributed by atoms with Crippen LogP contribution in [0.15, 0.2) is 32.0 Å². The number of hydrogen-bond acceptors (Lipinski definition) is 5. The smallest absolute Gasteiger partial charge is 0.319 e. The molecule has 0 aliphatic carbocycles. The Morgan fingerprint density at radius 1 is 1.36 bits per heavy atom. The topological polar surface area (TPSA) is 92.5 Å². The number of carbonyl (C=O) groups excluding carboxylic acids is 1. The highest BCUT2D eigenvalue weighted by Crippen LogP contribution is 2.13. The minimum absolute atomic E-state index is 0.0502. The van der Waals surface area contributed by atoms with Gasteiger partial charge in [-0.3, -0.25) is 4.79 Å². The summed E-state index contributed by atoms with van der Waals surface area (Å²) in [6, 6.07) is 0. The van der Waals surface area contributed by atoms with Gasteiger partial charge in [-0.25, -0.2) is 0 Å². The molecule has 0 radical (unpaired) electrons. The second-order valence-electron chi connectivity index (χ2n) is 2.91. The SMILES string of the molecule is CCCCCN=NC1=C(N)N=NC1=O. The van der Waals surface area contributed by atoms with Crippen LogP contribution in [-0.2, 0) is 4.79 Å². The van der Waals surface area contributed by atoms with Gasteiger partial charge in [-0.1, -0.05) is 19.8 Å². The van der Waals surface area contributed by atoms with Crippen LogP contribution in [-0.4, -0.2) is 12.5 Å². The van der Waals surface area contributed by atoms with Gasteiger partial charge in [0.25, 0.3) is 0 Å². The predicted molar refractivity (Wildman–Crippen MR) is 50.3 cm³/mol. The van der Waals surface area contributed by atoms with E-state index in [9.17, 15) is 4.79 Å². The molecule has 1 amide bonds. The standard InChI is InChI=1S/C8H13N5O/c1-2-3-4-5-10-11-6-7(9)12-13-8(6)14/h2-5,9H2,1H3. The van der Waals surface area contributed by atoms with E-state index < -0.39 is 5.91 Å². The van der Waals surface area contributed by atoms with E-state index in [4.69, 9.17) is 5.73 Å². The van der Waals surface area contributed by atoms with Crippen molar-refractivity contribution < 1.29 is 4.79 Å². The van der Waals surface area contributed by atoms with Gasteiger partial charge in [0, 0.05) is 0 Å². The van der Waals surface area contributed by atoms with Crippen LogP contribution in [0.25, 0.3) is 0 Å². The molecule has 1 heterocycles. The molecule has 76 valence electrons. The molecule has 14 heavy (non-hydrogen) atoms. The highest BCUT2D eigenvalue weighted by atomic mass is 16.2. The molecule has 1 aliphatic heterocycles. The molecule has 1 rings (SSSR count). The molecular weight excluding hydrogens is 182 g/mol. The number of unbranched alkanes of at least 4 members (excludes halogenated alkanes) is 2. The Balaban J connectivity index is 2.38. The van der Waals surface area contributed by atoms with Crippen molar-refractivity contribution in [3.05, 3.63) is 11.5 Å². The third-order valence-corrected chi connectivity index (χ3v) is 1.73. The zero-order valence-electron chi connectivity index (χ0n) is 8.10. The van der Waals surface area contributed by atoms with Gasteiger partial charge in [-0.05, 0) is 6.42 Å². The lowest BCUT2D eigenvalue weighted by Crippen LogP contribution is -1.99. The summed E-state index contributed by atoms with van der Waals surface area (Å²) in [5, 5.41) is 14.2. The third kappa shape index (κ3) is 2.72. The lowest BCUT2D eigenvalue weighted by molar-refractivity contribution is -0.114. The van der Waals surface area contributed by atoms with Crippen LogP contribution in [0.1, 0.15) is 26.2 Å². The quantitative estimate of drug-likeness (QED) is 0.534. The van der Waals surface area contributed by atoms with Crippen molar-refractivity contribution in [3.8, 4) is 0 Å². The monoisotopic (exact) mass is 195 g/mol. The van der Waals surface area contributed by atoms with E-state index in [1.165, 1.54) is 0 Å². The molecule has 0 aromatic rings. The molecular formula is C8H13N5O. The second-order valence-corrected chi connectivity index (χ2v) is 2.91. The Bertz CT molecular complexity index is 305. The molecule has 0 saturated heterocycles. The highest BCUT2D eigenvalue weighted by molar-refractivity contribution is 5.95. The maximum atomic E-state index is 11.0. The molecule has 0 bridgehead atoms. The second kappa shape index (κ2) is 5.21. The third-order valence-electron chi connectivity index (χ3n) is 1.73. The summed E-state index contributed by atoms with van der Waals surface area (Å²) < 4.78 is 0. The minimum atomic E-state index is -0.512. The number of nitrogens with zero attached hydrogens (tertiary/aromatic N) is 4. The molecule has 0 saturated carbocycles. The Hall–Kier alpha value is -1.59. The molecule has 0 fully saturated rings. The van der Waals surface area contributed by atoms with Gasteiger partial charge in [0.05, 0.1) is 6.54 Å². The Kier molecular flexibility index (Phi) is 3.90. The van der Waals surface area contributed by atoms with E-state index >= 15 is 0 Å². The van der Waals surface area contributed by atoms with Crippen molar-refractivity contribution in [3.63, 3.8) is 0 Å². The fourth-order valence-corrected chi connectivity index (χ4v) is 0.951. The number of hydrogen-bond donors (Lipinski definition) is 1. The van der Waals surface area contributed by atoms with Gasteiger partial charge in [-0.2, -0.15) is 5.11 Å². The molecule has 0 aromatic carbocycles. The fourth-order valence-electron chi connectivity index (χ4n) is 0.951. The number of carbonyl (C=O) groups is 1. The van der Waals surface area contributed by atoms with Gasteiger partial charge < -0.3 is 5.73 Å². The summed E-state index contributed by atoms with van der Waals surface area (Å²) in [5.41, 5.74) is 5.41. The maximum absolute atomic E-state index is 11.0. The van der Waals surface area contributed by atoms with E-state index in [0.717, 1.165) is 19.3 Å². The Morgan fingerprint density at radius 3 is 2.71 bits per heavy atom. The average Bonchev–Trinajstić information content (AvgIpc) is 2.48. The molecule has 6 nitrogen and oxygen atoms in total. The molecule has 0 unspecified atom stereocenters. The van der Waals surface area contributed by atoms with E-state index in [1.54, 1.807) is 0 Å². The van der Waals surface area contributed by atoms with Gasteiger partial charge in [0.15, 0.2) is 11.5 Å². The zero-order valence-corrected chi connectivity index (χ0v) is 8.10. The summed E-state index contributed by atoms with van der Waals surface area (Å²) in [5.74, 6) is -0.462. The normalized spacial score (nSPS) is 16.2. The predicted octanol–water partition coefficient (Wildman–Crippen LogP) is 1.75. The number of azo groups is 2. The summed E-state index contributed by atoms with van der Waals surface area (Å²) in [6.45, 7) is 2.72. The fraction of sp³-hybridized carbons (Fsp3) is 0.625. The van der Waals surface area contributed by atoms with Crippen LogP contribution in [0.2, 0.25) is 0 Å². The molecule has 1 aliphatic rings. The first-order valence-corrected chi connectivity index (χ1v) is 4.59. The first-order valence-electron chi connectivity index (χ1n) is 4.59. The van der Waals surface area contributed by atoms with Crippen molar-refractivity contribution >= 4 is 5.91 Å². The summed E-state index contributed by atoms with van der Waals surface area (Å²) in [6.07, 6.45) is 3.20. The van der Waals surface area contributed by atoms with Crippen molar-refractivity contribution in [2.45, 2.75) is 26.2 Å². The summed E-state index contributed by atoms with van der Waals surface area (Å²) >= 11 is 0. The van der Waals surface area contributed by atoms with Crippen molar-refractivity contribution in [1.29, 1.82) is 0 Å². The molecule has 6 heteroatoms. The number of amides is 1. The van der Waals surface area contributed by atoms with Gasteiger partial charge in [0.1, 0.15) is 0 Å². The molecule has 2 N–H and O–H groups in total. The maximum Gasteiger partial charge on any atom is 0.319 e. The minimum Gasteiger partial charge on any atom is -0.380 e. The zero-order chi connectivity index (χ0) is 10.4. The van der Waals surface area contributed by atoms with Crippen LogP contribution in [0.3, 0.4) is 0 Å². The van der Waals surface area contributed by atoms with Gasteiger partial charge >= 0.3 is 5.91 Å². The largest absolute Gasteiger partial charge is 0.380 e. The Labute approximate surface area is 82.0 Å². The van der Waals surface area contributed by atoms with E-state index in [-0.39, 0.29) is 11.5 Å². The first kappa shape index (κ1) is 10.5. The van der Waals surface area contributed by atoms with Crippen LogP contribution in [0.4, 0.5) is 0 Å². The van der Waals surface area contributed by atoms with Crippen LogP contribution in [0.5, 0.6) is 0 Å². The highest BCUT2D eigenvalue weighted by Gasteiger charge is 2.18. The van der Waals surface area contributed by atoms with Crippen molar-refractivity contribution in [1.82, 2.24) is 0 Å². The summed E-state index contributed by atoms with van der Waals surface area (Å²) in [7, 11) is 0. The lowest BCUT2D eigenvalue weighted by Gasteiger charge is -1.91. The summed E-state index contributed by atoms with van der Waals surface area (Å²) in [4.78, 5) is 11.0. The number of nitrogens with two attached hydrogens (primary N) is 1. The molecule has 0 atom stereocenters. The first-order chi connectivity index (χ1) is 6.75. The van der Waals surface area contributed by atoms with Crippen LogP contribution < -0.4 is 5.73 Å². The average molecular weight is 195 g/mol. The van der Waals surface area contributed by atoms with Gasteiger partial charge in [0.2, 0.25) is 0 Å². The van der Waals surface area contributed by atoms with Crippen LogP contribution in [0, 0.1) is 0 Å². The molecule has 0 spiro atoms. The van der Waals surface area contributed by atoms with Crippen molar-refractivity contribution in [2.75, 3.05) is 6.54 Å².